The molecule has 2 aliphatic rings. The zero-order valence-corrected chi connectivity index (χ0v) is 16.7. The molecule has 0 bridgehead atoms. The number of piperazine rings is 1. The van der Waals surface area contributed by atoms with Crippen molar-refractivity contribution in [3.8, 4) is 11.8 Å². The highest BCUT2D eigenvalue weighted by Gasteiger charge is 2.54. The number of hydrogen-bond acceptors (Lipinski definition) is 3. The number of benzene rings is 2. The molecule has 2 aliphatic heterocycles. The van der Waals surface area contributed by atoms with Gasteiger partial charge in [0.2, 0.25) is 11.8 Å². The van der Waals surface area contributed by atoms with Crippen LogP contribution in [0.15, 0.2) is 48.5 Å². The summed E-state index contributed by atoms with van der Waals surface area (Å²) in [7, 11) is 0. The number of rotatable bonds is 3. The number of halogens is 1. The lowest BCUT2D eigenvalue weighted by Gasteiger charge is -2.58. The Morgan fingerprint density at radius 1 is 1.17 bits per heavy atom. The van der Waals surface area contributed by atoms with Crippen LogP contribution in [0.1, 0.15) is 36.0 Å². The van der Waals surface area contributed by atoms with Crippen molar-refractivity contribution < 1.29 is 19.1 Å². The third-order valence-corrected chi connectivity index (χ3v) is 5.88. The average Bonchev–Trinajstić information content (AvgIpc) is 2.74. The molecule has 2 heterocycles. The van der Waals surface area contributed by atoms with Crippen LogP contribution in [0.25, 0.3) is 0 Å². The van der Waals surface area contributed by atoms with E-state index in [9.17, 15) is 19.1 Å². The van der Waals surface area contributed by atoms with E-state index in [2.05, 4.69) is 11.8 Å². The lowest BCUT2D eigenvalue weighted by atomic mass is 9.73. The van der Waals surface area contributed by atoms with Gasteiger partial charge in [0, 0.05) is 30.0 Å². The van der Waals surface area contributed by atoms with Crippen LogP contribution in [0, 0.1) is 17.7 Å². The summed E-state index contributed by atoms with van der Waals surface area (Å²) in [5.41, 5.74) is 2.41. The average molecular weight is 406 g/mol. The molecule has 30 heavy (non-hydrogen) atoms. The lowest BCUT2D eigenvalue weighted by molar-refractivity contribution is -0.166. The summed E-state index contributed by atoms with van der Waals surface area (Å²) in [6.45, 7) is 2.25. The van der Waals surface area contributed by atoms with Crippen LogP contribution in [0.3, 0.4) is 0 Å². The molecule has 1 N–H and O–H groups in total. The molecule has 0 radical (unpaired) electrons. The van der Waals surface area contributed by atoms with Crippen molar-refractivity contribution >= 4 is 11.8 Å². The Labute approximate surface area is 175 Å². The summed E-state index contributed by atoms with van der Waals surface area (Å²) in [6.07, 6.45) is 0.368. The highest BCUT2D eigenvalue weighted by atomic mass is 19.1. The Kier molecular flexibility index (Phi) is 5.56. The highest BCUT2D eigenvalue weighted by molar-refractivity contribution is 5.87. The van der Waals surface area contributed by atoms with Gasteiger partial charge in [0.1, 0.15) is 5.82 Å². The standard InChI is InChI=1S/C24H23FN2O3/c1-2-22(29)26-13-20-24(21(15-28)27(20)23(30)14-26)18-10-8-16(9-11-18)6-7-17-4-3-5-19(25)12-17/h3-5,8-12,20-21,24,28H,2,13-15H2,1H3/t20-,21-,24+/m1/s1. The van der Waals surface area contributed by atoms with Gasteiger partial charge in [0.05, 0.1) is 25.2 Å². The zero-order chi connectivity index (χ0) is 21.3. The molecule has 0 saturated carbocycles. The van der Waals surface area contributed by atoms with Crippen molar-refractivity contribution in [3.05, 3.63) is 71.0 Å². The van der Waals surface area contributed by atoms with E-state index < -0.39 is 0 Å². The fourth-order valence-corrected chi connectivity index (χ4v) is 4.41. The SMILES string of the molecule is CCC(=O)N1CC(=O)N2[C@H](CO)[C@@H](c3ccc(C#Cc4cccc(F)c4)cc3)[C@H]2C1. The first-order chi connectivity index (χ1) is 14.5. The Morgan fingerprint density at radius 2 is 1.90 bits per heavy atom. The molecule has 2 saturated heterocycles. The lowest BCUT2D eigenvalue weighted by Crippen LogP contribution is -2.73. The third-order valence-electron chi connectivity index (χ3n) is 5.88. The first kappa shape index (κ1) is 20.1. The van der Waals surface area contributed by atoms with E-state index >= 15 is 0 Å². The Hall–Kier alpha value is -3.17. The molecule has 2 fully saturated rings. The minimum absolute atomic E-state index is 0.0304. The van der Waals surface area contributed by atoms with Crippen LogP contribution in [0.4, 0.5) is 4.39 Å². The molecule has 0 spiro atoms. The van der Waals surface area contributed by atoms with Gasteiger partial charge in [-0.3, -0.25) is 9.59 Å². The summed E-state index contributed by atoms with van der Waals surface area (Å²) in [6, 6.07) is 13.4. The Balaban J connectivity index is 1.53. The van der Waals surface area contributed by atoms with Gasteiger partial charge in [-0.05, 0) is 35.9 Å². The molecular weight excluding hydrogens is 383 g/mol. The first-order valence-electron chi connectivity index (χ1n) is 10.1. The molecule has 2 amide bonds. The molecule has 4 rings (SSSR count). The largest absolute Gasteiger partial charge is 0.394 e. The number of aliphatic hydroxyl groups excluding tert-OH is 1. The second-order valence-electron chi connectivity index (χ2n) is 7.65. The normalized spacial score (nSPS) is 22.6. The van der Waals surface area contributed by atoms with E-state index in [0.717, 1.165) is 11.1 Å². The second-order valence-corrected chi connectivity index (χ2v) is 7.65. The van der Waals surface area contributed by atoms with Gasteiger partial charge >= 0.3 is 0 Å². The van der Waals surface area contributed by atoms with Crippen LogP contribution in [0.5, 0.6) is 0 Å². The van der Waals surface area contributed by atoms with Crippen molar-refractivity contribution in [2.75, 3.05) is 19.7 Å². The Morgan fingerprint density at radius 3 is 2.57 bits per heavy atom. The minimum atomic E-state index is -0.320. The van der Waals surface area contributed by atoms with E-state index in [4.69, 9.17) is 0 Å². The van der Waals surface area contributed by atoms with E-state index in [0.29, 0.717) is 18.5 Å². The van der Waals surface area contributed by atoms with Gasteiger partial charge < -0.3 is 14.9 Å². The van der Waals surface area contributed by atoms with E-state index in [1.165, 1.54) is 12.1 Å². The molecule has 2 aromatic carbocycles. The van der Waals surface area contributed by atoms with Crippen molar-refractivity contribution in [1.82, 2.24) is 9.80 Å². The van der Waals surface area contributed by atoms with Crippen molar-refractivity contribution in [3.63, 3.8) is 0 Å². The smallest absolute Gasteiger partial charge is 0.242 e. The summed E-state index contributed by atoms with van der Waals surface area (Å²) >= 11 is 0. The summed E-state index contributed by atoms with van der Waals surface area (Å²) in [5.74, 6) is 5.48. The maximum Gasteiger partial charge on any atom is 0.242 e. The molecule has 0 unspecified atom stereocenters. The Bertz CT molecular complexity index is 1020. The van der Waals surface area contributed by atoms with Gasteiger partial charge in [-0.1, -0.05) is 37.0 Å². The molecular formula is C24H23FN2O3. The maximum absolute atomic E-state index is 13.3. The number of aliphatic hydroxyl groups is 1. The monoisotopic (exact) mass is 406 g/mol. The molecule has 2 aromatic rings. The predicted molar refractivity (Wildman–Crippen MR) is 110 cm³/mol. The molecule has 6 heteroatoms. The van der Waals surface area contributed by atoms with Crippen molar-refractivity contribution in [2.45, 2.75) is 31.3 Å². The molecule has 3 atom stereocenters. The first-order valence-corrected chi connectivity index (χ1v) is 10.1. The second kappa shape index (κ2) is 8.29. The number of amides is 2. The third kappa shape index (κ3) is 3.69. The van der Waals surface area contributed by atoms with Gasteiger partial charge in [-0.15, -0.1) is 0 Å². The zero-order valence-electron chi connectivity index (χ0n) is 16.7. The summed E-state index contributed by atoms with van der Waals surface area (Å²) in [4.78, 5) is 27.9. The van der Waals surface area contributed by atoms with Crippen molar-refractivity contribution in [2.24, 2.45) is 0 Å². The summed E-state index contributed by atoms with van der Waals surface area (Å²) in [5, 5.41) is 9.86. The fourth-order valence-electron chi connectivity index (χ4n) is 4.41. The van der Waals surface area contributed by atoms with E-state index in [1.54, 1.807) is 28.9 Å². The predicted octanol–water partition coefficient (Wildman–Crippen LogP) is 2.13. The van der Waals surface area contributed by atoms with Crippen LogP contribution in [-0.2, 0) is 9.59 Å². The molecule has 154 valence electrons. The molecule has 0 aromatic heterocycles. The minimum Gasteiger partial charge on any atom is -0.394 e. The van der Waals surface area contributed by atoms with Gasteiger partial charge in [-0.2, -0.15) is 0 Å². The van der Waals surface area contributed by atoms with Crippen LogP contribution in [-0.4, -0.2) is 58.5 Å². The molecule has 0 aliphatic carbocycles. The van der Waals surface area contributed by atoms with Crippen molar-refractivity contribution in [1.29, 1.82) is 0 Å². The number of nitrogens with zero attached hydrogens (tertiary/aromatic N) is 2. The number of carbonyl (C=O) groups excluding carboxylic acids is 2. The van der Waals surface area contributed by atoms with Crippen LogP contribution >= 0.6 is 0 Å². The topological polar surface area (TPSA) is 60.9 Å². The summed E-state index contributed by atoms with van der Waals surface area (Å²) < 4.78 is 13.3. The quantitative estimate of drug-likeness (QED) is 0.795. The van der Waals surface area contributed by atoms with Crippen LogP contribution in [0.2, 0.25) is 0 Å². The molecule has 5 nitrogen and oxygen atoms in total. The number of fused-ring (bicyclic) bond motifs is 1. The van der Waals surface area contributed by atoms with Gasteiger partial charge in [0.15, 0.2) is 0 Å². The van der Waals surface area contributed by atoms with Gasteiger partial charge in [0.25, 0.3) is 0 Å². The van der Waals surface area contributed by atoms with E-state index in [1.807, 2.05) is 24.3 Å². The number of carbonyl (C=O) groups is 2. The highest BCUT2D eigenvalue weighted by Crippen LogP contribution is 2.42. The maximum atomic E-state index is 13.3. The fraction of sp³-hybridized carbons (Fsp3) is 0.333. The van der Waals surface area contributed by atoms with Crippen LogP contribution < -0.4 is 0 Å². The number of hydrogen-bond donors (Lipinski definition) is 1. The van der Waals surface area contributed by atoms with Gasteiger partial charge in [-0.25, -0.2) is 4.39 Å². The van der Waals surface area contributed by atoms with E-state index in [-0.39, 0.29) is 48.8 Å².